The van der Waals surface area contributed by atoms with Crippen LogP contribution in [-0.2, 0) is 19.6 Å². The van der Waals surface area contributed by atoms with Crippen LogP contribution in [0.3, 0.4) is 0 Å². The van der Waals surface area contributed by atoms with Gasteiger partial charge in [-0.2, -0.15) is 0 Å². The number of rotatable bonds is 1. The third-order valence-electron chi connectivity index (χ3n) is 2.26. The Labute approximate surface area is 65.7 Å². The summed E-state index contributed by atoms with van der Waals surface area (Å²) in [4.78, 5) is 4.23. The molecule has 1 aromatic heterocycles. The Kier molecular flexibility index (Phi) is 1.66. The molecule has 0 atom stereocenters. The highest BCUT2D eigenvalue weighted by molar-refractivity contribution is 5.15. The minimum atomic E-state index is 0.0718. The van der Waals surface area contributed by atoms with E-state index in [4.69, 9.17) is 5.11 Å². The van der Waals surface area contributed by atoms with E-state index in [9.17, 15) is 0 Å². The summed E-state index contributed by atoms with van der Waals surface area (Å²) in [6.45, 7) is 0.0718. The van der Waals surface area contributed by atoms with E-state index in [0.29, 0.717) is 0 Å². The van der Waals surface area contributed by atoms with Gasteiger partial charge in [0.05, 0.1) is 12.0 Å². The fraction of sp³-hybridized carbons (Fsp3) is 0.625. The normalized spacial score (nSPS) is 16.5. The molecule has 0 bridgehead atoms. The molecule has 1 heterocycles. The fourth-order valence-electron chi connectivity index (χ4n) is 1.65. The molecule has 0 fully saturated rings. The highest BCUT2D eigenvalue weighted by atomic mass is 16.3. The van der Waals surface area contributed by atoms with Crippen molar-refractivity contribution in [2.24, 2.45) is 0 Å². The van der Waals surface area contributed by atoms with Crippen LogP contribution in [-0.4, -0.2) is 14.7 Å². The van der Waals surface area contributed by atoms with Crippen molar-refractivity contribution in [3.05, 3.63) is 17.7 Å². The average Bonchev–Trinajstić information content (AvgIpc) is 2.47. The van der Waals surface area contributed by atoms with Crippen LogP contribution < -0.4 is 0 Å². The van der Waals surface area contributed by atoms with Gasteiger partial charge in [0.1, 0.15) is 6.73 Å². The van der Waals surface area contributed by atoms with Crippen molar-refractivity contribution < 1.29 is 5.11 Å². The highest BCUT2D eigenvalue weighted by Crippen LogP contribution is 2.19. The van der Waals surface area contributed by atoms with Crippen LogP contribution in [0.2, 0.25) is 0 Å². The quantitative estimate of drug-likeness (QED) is 0.643. The monoisotopic (exact) mass is 152 g/mol. The summed E-state index contributed by atoms with van der Waals surface area (Å²) in [5.74, 6) is 0. The average molecular weight is 152 g/mol. The first-order chi connectivity index (χ1) is 5.42. The maximum atomic E-state index is 8.91. The number of hydrogen-bond acceptors (Lipinski definition) is 2. The minimum Gasteiger partial charge on any atom is -0.376 e. The van der Waals surface area contributed by atoms with Gasteiger partial charge in [-0.05, 0) is 25.7 Å². The molecule has 0 saturated carbocycles. The minimum absolute atomic E-state index is 0.0718. The lowest BCUT2D eigenvalue weighted by Crippen LogP contribution is -2.07. The summed E-state index contributed by atoms with van der Waals surface area (Å²) in [7, 11) is 0. The first-order valence-corrected chi connectivity index (χ1v) is 4.05. The number of aliphatic hydroxyl groups is 1. The van der Waals surface area contributed by atoms with Crippen molar-refractivity contribution in [3.8, 4) is 0 Å². The third-order valence-corrected chi connectivity index (χ3v) is 2.26. The molecule has 1 N–H and O–H groups in total. The smallest absolute Gasteiger partial charge is 0.120 e. The van der Waals surface area contributed by atoms with Crippen LogP contribution in [0.1, 0.15) is 24.2 Å². The van der Waals surface area contributed by atoms with Crippen molar-refractivity contribution in [2.75, 3.05) is 0 Å². The van der Waals surface area contributed by atoms with Crippen molar-refractivity contribution >= 4 is 0 Å². The Morgan fingerprint density at radius 2 is 2.27 bits per heavy atom. The molecule has 0 radical (unpaired) electrons. The number of hydrogen-bond donors (Lipinski definition) is 1. The molecule has 1 aliphatic rings. The molecular weight excluding hydrogens is 140 g/mol. The Morgan fingerprint density at radius 1 is 1.45 bits per heavy atom. The molecule has 0 spiro atoms. The van der Waals surface area contributed by atoms with Gasteiger partial charge in [-0.15, -0.1) is 0 Å². The second-order valence-corrected chi connectivity index (χ2v) is 2.96. The summed E-state index contributed by atoms with van der Waals surface area (Å²) < 4.78 is 1.83. The Hall–Kier alpha value is -0.830. The second-order valence-electron chi connectivity index (χ2n) is 2.96. The van der Waals surface area contributed by atoms with Crippen LogP contribution in [0.5, 0.6) is 0 Å². The molecule has 1 aliphatic carbocycles. The zero-order valence-electron chi connectivity index (χ0n) is 6.45. The predicted molar refractivity (Wildman–Crippen MR) is 41.1 cm³/mol. The van der Waals surface area contributed by atoms with Gasteiger partial charge in [-0.1, -0.05) is 0 Å². The van der Waals surface area contributed by atoms with Crippen LogP contribution in [0, 0.1) is 0 Å². The number of imidazole rings is 1. The summed E-state index contributed by atoms with van der Waals surface area (Å²) >= 11 is 0. The SMILES string of the molecule is OCn1cnc2c1CCCC2. The predicted octanol–water partition coefficient (Wildman–Crippen LogP) is 0.712. The van der Waals surface area contributed by atoms with Gasteiger partial charge in [-0.3, -0.25) is 0 Å². The van der Waals surface area contributed by atoms with Gasteiger partial charge in [0.25, 0.3) is 0 Å². The topological polar surface area (TPSA) is 38.0 Å². The fourth-order valence-corrected chi connectivity index (χ4v) is 1.65. The van der Waals surface area contributed by atoms with Crippen molar-refractivity contribution in [1.29, 1.82) is 0 Å². The lowest BCUT2D eigenvalue weighted by molar-refractivity contribution is 0.206. The lowest BCUT2D eigenvalue weighted by Gasteiger charge is -2.11. The number of nitrogens with zero attached hydrogens (tertiary/aromatic N) is 2. The van der Waals surface area contributed by atoms with Gasteiger partial charge in [0.15, 0.2) is 0 Å². The van der Waals surface area contributed by atoms with E-state index in [1.54, 1.807) is 6.33 Å². The third kappa shape index (κ3) is 1.05. The molecule has 1 aromatic rings. The molecule has 0 aliphatic heterocycles. The highest BCUT2D eigenvalue weighted by Gasteiger charge is 2.13. The first kappa shape index (κ1) is 6.85. The Balaban J connectivity index is 2.38. The van der Waals surface area contributed by atoms with Gasteiger partial charge < -0.3 is 9.67 Å². The van der Waals surface area contributed by atoms with Crippen LogP contribution in [0.4, 0.5) is 0 Å². The van der Waals surface area contributed by atoms with Gasteiger partial charge in [0, 0.05) is 5.69 Å². The molecule has 2 rings (SSSR count). The van der Waals surface area contributed by atoms with E-state index < -0.39 is 0 Å². The number of fused-ring (bicyclic) bond motifs is 1. The molecule has 60 valence electrons. The summed E-state index contributed by atoms with van der Waals surface area (Å²) in [5.41, 5.74) is 2.42. The molecule has 0 saturated heterocycles. The maximum absolute atomic E-state index is 8.91. The van der Waals surface area contributed by atoms with E-state index in [0.717, 1.165) is 12.8 Å². The van der Waals surface area contributed by atoms with E-state index in [1.165, 1.54) is 24.2 Å². The molecular formula is C8H12N2O. The Bertz CT molecular complexity index is 241. The molecule has 3 nitrogen and oxygen atoms in total. The van der Waals surface area contributed by atoms with Crippen LogP contribution in [0.15, 0.2) is 6.33 Å². The summed E-state index contributed by atoms with van der Waals surface area (Å²) in [6, 6.07) is 0. The zero-order valence-corrected chi connectivity index (χ0v) is 6.45. The lowest BCUT2D eigenvalue weighted by atomic mass is 10.0. The van der Waals surface area contributed by atoms with Gasteiger partial charge in [-0.25, -0.2) is 4.98 Å². The van der Waals surface area contributed by atoms with Crippen molar-refractivity contribution in [3.63, 3.8) is 0 Å². The summed E-state index contributed by atoms with van der Waals surface area (Å²) in [5, 5.41) is 8.91. The number of aromatic nitrogens is 2. The van der Waals surface area contributed by atoms with Gasteiger partial charge in [0.2, 0.25) is 0 Å². The number of aliphatic hydroxyl groups excluding tert-OH is 1. The molecule has 11 heavy (non-hydrogen) atoms. The second kappa shape index (κ2) is 2.66. The molecule has 0 amide bonds. The number of aryl methyl sites for hydroxylation is 1. The standard InChI is InChI=1S/C8H12N2O/c11-6-10-5-9-7-3-1-2-4-8(7)10/h5,11H,1-4,6H2. The van der Waals surface area contributed by atoms with Crippen molar-refractivity contribution in [2.45, 2.75) is 32.4 Å². The largest absolute Gasteiger partial charge is 0.376 e. The Morgan fingerprint density at radius 3 is 3.09 bits per heavy atom. The van der Waals surface area contributed by atoms with E-state index in [-0.39, 0.29) is 6.73 Å². The van der Waals surface area contributed by atoms with Gasteiger partial charge >= 0.3 is 0 Å². The van der Waals surface area contributed by atoms with E-state index >= 15 is 0 Å². The first-order valence-electron chi connectivity index (χ1n) is 4.05. The molecule has 0 unspecified atom stereocenters. The molecule has 3 heteroatoms. The summed E-state index contributed by atoms with van der Waals surface area (Å²) in [6.07, 6.45) is 6.38. The zero-order chi connectivity index (χ0) is 7.68. The van der Waals surface area contributed by atoms with Crippen LogP contribution >= 0.6 is 0 Å². The molecule has 0 aromatic carbocycles. The van der Waals surface area contributed by atoms with E-state index in [2.05, 4.69) is 4.98 Å². The van der Waals surface area contributed by atoms with Crippen LogP contribution in [0.25, 0.3) is 0 Å². The van der Waals surface area contributed by atoms with E-state index in [1.807, 2.05) is 4.57 Å². The maximum Gasteiger partial charge on any atom is 0.120 e. The van der Waals surface area contributed by atoms with Crippen molar-refractivity contribution in [1.82, 2.24) is 9.55 Å².